The maximum absolute atomic E-state index is 13.6. The molecule has 0 aliphatic carbocycles. The fraction of sp³-hybridized carbons (Fsp3) is 0.185. The summed E-state index contributed by atoms with van der Waals surface area (Å²) in [5, 5.41) is 3.15. The van der Waals surface area contributed by atoms with E-state index in [4.69, 9.17) is 17.0 Å². The molecule has 0 saturated carbocycles. The average Bonchev–Trinajstić information content (AvgIpc) is 3.10. The molecular formula is C27H24BrN3O4S. The van der Waals surface area contributed by atoms with Crippen molar-refractivity contribution in [2.75, 3.05) is 16.8 Å². The van der Waals surface area contributed by atoms with Crippen molar-refractivity contribution >= 4 is 62.4 Å². The van der Waals surface area contributed by atoms with Crippen LogP contribution in [0.1, 0.15) is 29.3 Å². The van der Waals surface area contributed by atoms with Crippen LogP contribution in [0.25, 0.3) is 0 Å². The van der Waals surface area contributed by atoms with E-state index in [0.717, 1.165) is 10.0 Å². The lowest BCUT2D eigenvalue weighted by molar-refractivity contribution is -0.124. The number of ether oxygens (including phenoxy) is 1. The molecule has 3 aromatic carbocycles. The lowest BCUT2D eigenvalue weighted by Gasteiger charge is -2.24. The van der Waals surface area contributed by atoms with Crippen LogP contribution in [0.5, 0.6) is 0 Å². The molecule has 1 N–H and O–H groups in total. The highest BCUT2D eigenvalue weighted by Crippen LogP contribution is 2.29. The molecule has 2 amide bonds. The molecule has 3 aromatic rings. The number of hydrogen-bond donors (Lipinski definition) is 1. The predicted molar refractivity (Wildman–Crippen MR) is 146 cm³/mol. The zero-order valence-electron chi connectivity index (χ0n) is 19.5. The summed E-state index contributed by atoms with van der Waals surface area (Å²) in [4.78, 5) is 41.7. The molecule has 1 unspecified atom stereocenters. The van der Waals surface area contributed by atoms with Crippen LogP contribution in [0, 0.1) is 0 Å². The van der Waals surface area contributed by atoms with E-state index in [1.165, 1.54) is 4.90 Å². The number of carbonyl (C=O) groups excluding carboxylic acids is 3. The minimum atomic E-state index is -0.780. The number of nitrogens with one attached hydrogen (secondary N) is 1. The maximum Gasteiger partial charge on any atom is 0.338 e. The molecule has 0 aromatic heterocycles. The summed E-state index contributed by atoms with van der Waals surface area (Å²) in [6, 6.07) is 22.6. The third kappa shape index (κ3) is 5.80. The Hall–Kier alpha value is -3.56. The van der Waals surface area contributed by atoms with Crippen LogP contribution < -0.4 is 10.2 Å². The number of anilines is 2. The fourth-order valence-electron chi connectivity index (χ4n) is 3.91. The number of benzene rings is 3. The van der Waals surface area contributed by atoms with Crippen LogP contribution in [-0.4, -0.2) is 40.4 Å². The van der Waals surface area contributed by atoms with Gasteiger partial charge in [0.25, 0.3) is 5.91 Å². The van der Waals surface area contributed by atoms with Gasteiger partial charge in [0.05, 0.1) is 24.3 Å². The Balaban J connectivity index is 1.58. The van der Waals surface area contributed by atoms with Gasteiger partial charge in [-0.3, -0.25) is 14.5 Å². The smallest absolute Gasteiger partial charge is 0.338 e. The van der Waals surface area contributed by atoms with E-state index in [1.807, 2.05) is 42.5 Å². The standard InChI is InChI=1S/C27H24BrN3O4S/c1-2-35-26(34)19-8-14-22(15-9-19)31-25(33)23(16-24(32)29-21-12-10-20(28)11-13-21)30(27(31)36)17-18-6-4-3-5-7-18/h3-15,23H,2,16-17H2,1H3,(H,29,32). The van der Waals surface area contributed by atoms with Gasteiger partial charge in [0.1, 0.15) is 6.04 Å². The molecule has 1 atom stereocenters. The molecular weight excluding hydrogens is 542 g/mol. The van der Waals surface area contributed by atoms with Gasteiger partial charge in [-0.1, -0.05) is 46.3 Å². The second-order valence-corrected chi connectivity index (χ2v) is 9.39. The number of esters is 1. The van der Waals surface area contributed by atoms with E-state index < -0.39 is 12.0 Å². The van der Waals surface area contributed by atoms with E-state index in [-0.39, 0.29) is 24.8 Å². The van der Waals surface area contributed by atoms with Gasteiger partial charge >= 0.3 is 5.97 Å². The van der Waals surface area contributed by atoms with E-state index in [9.17, 15) is 14.4 Å². The normalized spacial score (nSPS) is 15.2. The van der Waals surface area contributed by atoms with Crippen LogP contribution in [0.3, 0.4) is 0 Å². The van der Waals surface area contributed by atoms with Crippen LogP contribution in [0.2, 0.25) is 0 Å². The molecule has 1 heterocycles. The SMILES string of the molecule is CCOC(=O)c1ccc(N2C(=O)C(CC(=O)Nc3ccc(Br)cc3)N(Cc3ccccc3)C2=S)cc1. The molecule has 1 fully saturated rings. The first kappa shape index (κ1) is 25.5. The summed E-state index contributed by atoms with van der Waals surface area (Å²) in [6.45, 7) is 2.38. The van der Waals surface area contributed by atoms with E-state index in [1.54, 1.807) is 48.2 Å². The van der Waals surface area contributed by atoms with E-state index in [2.05, 4.69) is 21.2 Å². The Morgan fingerprint density at radius 1 is 1.00 bits per heavy atom. The molecule has 0 bridgehead atoms. The number of carbonyl (C=O) groups is 3. The molecule has 184 valence electrons. The summed E-state index contributed by atoms with van der Waals surface area (Å²) >= 11 is 9.10. The third-order valence-electron chi connectivity index (χ3n) is 5.66. The summed E-state index contributed by atoms with van der Waals surface area (Å²) in [7, 11) is 0. The minimum absolute atomic E-state index is 0.0702. The van der Waals surface area contributed by atoms with Gasteiger partial charge in [-0.05, 0) is 73.2 Å². The van der Waals surface area contributed by atoms with Crippen molar-refractivity contribution in [2.24, 2.45) is 0 Å². The highest BCUT2D eigenvalue weighted by molar-refractivity contribution is 9.10. The molecule has 4 rings (SSSR count). The first-order chi connectivity index (χ1) is 17.4. The van der Waals surface area contributed by atoms with Crippen molar-refractivity contribution in [2.45, 2.75) is 25.9 Å². The summed E-state index contributed by atoms with van der Waals surface area (Å²) in [5.41, 5.74) is 2.50. The molecule has 1 aliphatic heterocycles. The molecule has 0 spiro atoms. The Labute approximate surface area is 223 Å². The lowest BCUT2D eigenvalue weighted by atomic mass is 10.1. The zero-order valence-corrected chi connectivity index (χ0v) is 21.9. The number of thiocarbonyl (C=S) groups is 1. The van der Waals surface area contributed by atoms with Gasteiger partial charge < -0.3 is 15.0 Å². The maximum atomic E-state index is 13.6. The van der Waals surface area contributed by atoms with Crippen LogP contribution in [0.15, 0.2) is 83.3 Å². The number of rotatable bonds is 8. The first-order valence-electron chi connectivity index (χ1n) is 11.4. The number of amides is 2. The van der Waals surface area contributed by atoms with Crippen molar-refractivity contribution in [3.05, 3.63) is 94.5 Å². The van der Waals surface area contributed by atoms with Crippen molar-refractivity contribution in [3.8, 4) is 0 Å². The molecule has 0 radical (unpaired) electrons. The second-order valence-electron chi connectivity index (χ2n) is 8.11. The number of halogens is 1. The summed E-state index contributed by atoms with van der Waals surface area (Å²) in [5.74, 6) is -1.03. The highest BCUT2D eigenvalue weighted by Gasteiger charge is 2.44. The molecule has 7 nitrogen and oxygen atoms in total. The monoisotopic (exact) mass is 565 g/mol. The van der Waals surface area contributed by atoms with Gasteiger partial charge in [0.15, 0.2) is 5.11 Å². The minimum Gasteiger partial charge on any atom is -0.462 e. The van der Waals surface area contributed by atoms with E-state index >= 15 is 0 Å². The molecule has 36 heavy (non-hydrogen) atoms. The predicted octanol–water partition coefficient (Wildman–Crippen LogP) is 5.16. The highest BCUT2D eigenvalue weighted by atomic mass is 79.9. The zero-order chi connectivity index (χ0) is 25.7. The van der Waals surface area contributed by atoms with Crippen LogP contribution in [-0.2, 0) is 20.9 Å². The Bertz CT molecular complexity index is 1270. The Morgan fingerprint density at radius 3 is 2.31 bits per heavy atom. The van der Waals surface area contributed by atoms with Crippen molar-refractivity contribution < 1.29 is 19.1 Å². The number of nitrogens with zero attached hydrogens (tertiary/aromatic N) is 2. The van der Waals surface area contributed by atoms with Gasteiger partial charge in [-0.2, -0.15) is 0 Å². The topological polar surface area (TPSA) is 78.9 Å². The summed E-state index contributed by atoms with van der Waals surface area (Å²) < 4.78 is 5.93. The van der Waals surface area contributed by atoms with Gasteiger partial charge in [-0.25, -0.2) is 4.79 Å². The molecule has 1 saturated heterocycles. The van der Waals surface area contributed by atoms with Gasteiger partial charge in [0, 0.05) is 16.7 Å². The quantitative estimate of drug-likeness (QED) is 0.300. The fourth-order valence-corrected chi connectivity index (χ4v) is 4.56. The first-order valence-corrected chi connectivity index (χ1v) is 12.6. The van der Waals surface area contributed by atoms with Gasteiger partial charge in [0.2, 0.25) is 5.91 Å². The van der Waals surface area contributed by atoms with E-state index in [0.29, 0.717) is 28.6 Å². The second kappa shape index (κ2) is 11.5. The van der Waals surface area contributed by atoms with Crippen molar-refractivity contribution in [3.63, 3.8) is 0 Å². The van der Waals surface area contributed by atoms with Crippen molar-refractivity contribution in [1.82, 2.24) is 4.90 Å². The average molecular weight is 566 g/mol. The van der Waals surface area contributed by atoms with Crippen molar-refractivity contribution in [1.29, 1.82) is 0 Å². The Morgan fingerprint density at radius 2 is 1.67 bits per heavy atom. The molecule has 9 heteroatoms. The Kier molecular flexibility index (Phi) is 8.12. The van der Waals surface area contributed by atoms with Crippen LogP contribution in [0.4, 0.5) is 11.4 Å². The van der Waals surface area contributed by atoms with Crippen LogP contribution >= 0.6 is 28.1 Å². The lowest BCUT2D eigenvalue weighted by Crippen LogP contribution is -2.37. The molecule has 1 aliphatic rings. The van der Waals surface area contributed by atoms with Gasteiger partial charge in [-0.15, -0.1) is 0 Å². The summed E-state index contributed by atoms with van der Waals surface area (Å²) in [6.07, 6.45) is -0.0702. The third-order valence-corrected chi connectivity index (χ3v) is 6.60. The largest absolute Gasteiger partial charge is 0.462 e. The number of hydrogen-bond acceptors (Lipinski definition) is 5.